The van der Waals surface area contributed by atoms with E-state index in [9.17, 15) is 8.78 Å². The molecule has 1 aliphatic heterocycles. The van der Waals surface area contributed by atoms with Crippen molar-refractivity contribution in [3.63, 3.8) is 0 Å². The highest BCUT2D eigenvalue weighted by atomic mass is 19.1. The van der Waals surface area contributed by atoms with Gasteiger partial charge in [0, 0.05) is 19.2 Å². The van der Waals surface area contributed by atoms with Gasteiger partial charge in [-0.1, -0.05) is 0 Å². The highest BCUT2D eigenvalue weighted by molar-refractivity contribution is 5.44. The molecule has 88 valence electrons. The molecule has 1 N–H and O–H groups in total. The third-order valence-corrected chi connectivity index (χ3v) is 2.73. The van der Waals surface area contributed by atoms with E-state index < -0.39 is 11.6 Å². The maximum atomic E-state index is 13.3. The Morgan fingerprint density at radius 1 is 1.31 bits per heavy atom. The lowest BCUT2D eigenvalue weighted by atomic mass is 10.1. The Hall–Kier alpha value is -1.16. The van der Waals surface area contributed by atoms with Gasteiger partial charge in [-0.3, -0.25) is 0 Å². The van der Waals surface area contributed by atoms with Crippen LogP contribution in [0.1, 0.15) is 19.3 Å². The first-order valence-corrected chi connectivity index (χ1v) is 5.56. The zero-order valence-corrected chi connectivity index (χ0v) is 9.01. The van der Waals surface area contributed by atoms with Gasteiger partial charge in [0.15, 0.2) is 0 Å². The van der Waals surface area contributed by atoms with Gasteiger partial charge in [0.2, 0.25) is 0 Å². The Labute approximate surface area is 93.6 Å². The van der Waals surface area contributed by atoms with Crippen LogP contribution < -0.4 is 5.32 Å². The molecular formula is C12H15F2NO. The Morgan fingerprint density at radius 2 is 2.19 bits per heavy atom. The lowest BCUT2D eigenvalue weighted by Gasteiger charge is -2.23. The Bertz CT molecular complexity index is 351. The molecule has 2 rings (SSSR count). The van der Waals surface area contributed by atoms with E-state index in [0.717, 1.165) is 31.9 Å². The monoisotopic (exact) mass is 227 g/mol. The number of hydrogen-bond acceptors (Lipinski definition) is 2. The molecule has 1 fully saturated rings. The normalized spacial score (nSPS) is 20.8. The van der Waals surface area contributed by atoms with Gasteiger partial charge in [0.25, 0.3) is 0 Å². The predicted molar refractivity (Wildman–Crippen MR) is 58.4 cm³/mol. The summed E-state index contributed by atoms with van der Waals surface area (Å²) in [6.07, 6.45) is 3.38. The average Bonchev–Trinajstić information content (AvgIpc) is 2.29. The van der Waals surface area contributed by atoms with E-state index in [2.05, 4.69) is 5.32 Å². The number of hydrogen-bond donors (Lipinski definition) is 1. The summed E-state index contributed by atoms with van der Waals surface area (Å²) in [5, 5.41) is 2.94. The quantitative estimate of drug-likeness (QED) is 0.857. The minimum absolute atomic E-state index is 0.137. The summed E-state index contributed by atoms with van der Waals surface area (Å²) in [6, 6.07) is 3.53. The third-order valence-electron chi connectivity index (χ3n) is 2.73. The molecule has 0 aromatic heterocycles. The van der Waals surface area contributed by atoms with Crippen molar-refractivity contribution < 1.29 is 13.5 Å². The molecule has 1 atom stereocenters. The largest absolute Gasteiger partial charge is 0.380 e. The maximum absolute atomic E-state index is 13.3. The van der Waals surface area contributed by atoms with Crippen LogP contribution in [-0.2, 0) is 4.74 Å². The van der Waals surface area contributed by atoms with Crippen LogP contribution in [0.4, 0.5) is 14.5 Å². The molecule has 1 aromatic rings. The van der Waals surface area contributed by atoms with Crippen LogP contribution in [0.5, 0.6) is 0 Å². The molecule has 1 aliphatic rings. The fourth-order valence-electron chi connectivity index (χ4n) is 1.83. The van der Waals surface area contributed by atoms with E-state index in [0.29, 0.717) is 12.2 Å². The highest BCUT2D eigenvalue weighted by Crippen LogP contribution is 2.17. The number of halogens is 2. The van der Waals surface area contributed by atoms with Crippen molar-refractivity contribution >= 4 is 5.69 Å². The number of rotatable bonds is 3. The Balaban J connectivity index is 1.88. The maximum Gasteiger partial charge on any atom is 0.149 e. The van der Waals surface area contributed by atoms with Crippen molar-refractivity contribution in [3.05, 3.63) is 29.8 Å². The summed E-state index contributed by atoms with van der Waals surface area (Å²) in [5.41, 5.74) is 0.329. The van der Waals surface area contributed by atoms with Crippen molar-refractivity contribution in [3.8, 4) is 0 Å². The lowest BCUT2D eigenvalue weighted by Crippen LogP contribution is -2.27. The van der Waals surface area contributed by atoms with Gasteiger partial charge in [-0.15, -0.1) is 0 Å². The van der Waals surface area contributed by atoms with Crippen molar-refractivity contribution in [1.82, 2.24) is 0 Å². The first-order valence-electron chi connectivity index (χ1n) is 5.56. The standard InChI is InChI=1S/C12H15F2NO/c13-9-4-5-12(11(14)7-9)15-8-10-3-1-2-6-16-10/h4-5,7,10,15H,1-3,6,8H2. The van der Waals surface area contributed by atoms with Crippen LogP contribution in [0.15, 0.2) is 18.2 Å². The van der Waals surface area contributed by atoms with Crippen molar-refractivity contribution in [2.75, 3.05) is 18.5 Å². The molecule has 1 saturated heterocycles. The fraction of sp³-hybridized carbons (Fsp3) is 0.500. The SMILES string of the molecule is Fc1ccc(NCC2CCCCO2)c(F)c1. The molecule has 1 heterocycles. The summed E-state index contributed by atoms with van der Waals surface area (Å²) in [5.74, 6) is -1.12. The van der Waals surface area contributed by atoms with Crippen LogP contribution in [0.3, 0.4) is 0 Å². The Morgan fingerprint density at radius 3 is 2.88 bits per heavy atom. The summed E-state index contributed by atoms with van der Waals surface area (Å²) >= 11 is 0. The van der Waals surface area contributed by atoms with Gasteiger partial charge in [-0.25, -0.2) is 8.78 Å². The highest BCUT2D eigenvalue weighted by Gasteiger charge is 2.14. The molecule has 1 unspecified atom stereocenters. The second kappa shape index (κ2) is 5.25. The van der Waals surface area contributed by atoms with Gasteiger partial charge in [0.1, 0.15) is 11.6 Å². The van der Waals surface area contributed by atoms with Gasteiger partial charge in [-0.05, 0) is 31.4 Å². The molecule has 0 saturated carbocycles. The predicted octanol–water partition coefficient (Wildman–Crippen LogP) is 2.95. The molecular weight excluding hydrogens is 212 g/mol. The molecule has 0 aliphatic carbocycles. The molecule has 0 radical (unpaired) electrons. The van der Waals surface area contributed by atoms with Gasteiger partial charge >= 0.3 is 0 Å². The fourth-order valence-corrected chi connectivity index (χ4v) is 1.83. The number of benzene rings is 1. The molecule has 4 heteroatoms. The van der Waals surface area contributed by atoms with E-state index in [-0.39, 0.29) is 6.10 Å². The lowest BCUT2D eigenvalue weighted by molar-refractivity contribution is 0.0247. The molecule has 16 heavy (non-hydrogen) atoms. The molecule has 2 nitrogen and oxygen atoms in total. The minimum Gasteiger partial charge on any atom is -0.380 e. The van der Waals surface area contributed by atoms with Crippen molar-refractivity contribution in [2.24, 2.45) is 0 Å². The zero-order valence-electron chi connectivity index (χ0n) is 9.01. The summed E-state index contributed by atoms with van der Waals surface area (Å²) in [4.78, 5) is 0. The van der Waals surface area contributed by atoms with Gasteiger partial charge in [-0.2, -0.15) is 0 Å². The average molecular weight is 227 g/mol. The van der Waals surface area contributed by atoms with E-state index >= 15 is 0 Å². The summed E-state index contributed by atoms with van der Waals surface area (Å²) in [7, 11) is 0. The van der Waals surface area contributed by atoms with Crippen molar-refractivity contribution in [1.29, 1.82) is 0 Å². The van der Waals surface area contributed by atoms with Crippen LogP contribution >= 0.6 is 0 Å². The van der Waals surface area contributed by atoms with Crippen LogP contribution in [-0.4, -0.2) is 19.3 Å². The number of anilines is 1. The summed E-state index contributed by atoms with van der Waals surface area (Å²) < 4.78 is 31.4. The minimum atomic E-state index is -0.559. The van der Waals surface area contributed by atoms with E-state index in [1.807, 2.05) is 0 Å². The van der Waals surface area contributed by atoms with Gasteiger partial charge in [0.05, 0.1) is 11.8 Å². The molecule has 1 aromatic carbocycles. The molecule has 0 spiro atoms. The Kier molecular flexibility index (Phi) is 3.72. The van der Waals surface area contributed by atoms with E-state index in [1.165, 1.54) is 12.1 Å². The van der Waals surface area contributed by atoms with Crippen LogP contribution in [0.2, 0.25) is 0 Å². The topological polar surface area (TPSA) is 21.3 Å². The second-order valence-corrected chi connectivity index (χ2v) is 3.99. The third kappa shape index (κ3) is 2.92. The number of nitrogens with one attached hydrogen (secondary N) is 1. The smallest absolute Gasteiger partial charge is 0.149 e. The van der Waals surface area contributed by atoms with Crippen molar-refractivity contribution in [2.45, 2.75) is 25.4 Å². The van der Waals surface area contributed by atoms with Crippen LogP contribution in [0, 0.1) is 11.6 Å². The zero-order chi connectivity index (χ0) is 11.4. The molecule has 0 bridgehead atoms. The first kappa shape index (κ1) is 11.3. The second-order valence-electron chi connectivity index (χ2n) is 3.99. The molecule has 0 amide bonds. The van der Waals surface area contributed by atoms with E-state index in [4.69, 9.17) is 4.74 Å². The summed E-state index contributed by atoms with van der Waals surface area (Å²) in [6.45, 7) is 1.35. The van der Waals surface area contributed by atoms with Crippen LogP contribution in [0.25, 0.3) is 0 Å². The van der Waals surface area contributed by atoms with Gasteiger partial charge < -0.3 is 10.1 Å². The van der Waals surface area contributed by atoms with E-state index in [1.54, 1.807) is 0 Å². The number of ether oxygens (including phenoxy) is 1. The first-order chi connectivity index (χ1) is 7.75.